The Morgan fingerprint density at radius 3 is 2.76 bits per heavy atom. The summed E-state index contributed by atoms with van der Waals surface area (Å²) in [6, 6.07) is 6.11. The highest BCUT2D eigenvalue weighted by atomic mass is 16.2. The van der Waals surface area contributed by atoms with Crippen LogP contribution in [0.25, 0.3) is 16.6 Å². The Balaban J connectivity index is 1.46. The number of carbonyl (C=O) groups excluding carboxylic acids is 1. The van der Waals surface area contributed by atoms with Crippen molar-refractivity contribution in [3.63, 3.8) is 0 Å². The predicted octanol–water partition coefficient (Wildman–Crippen LogP) is 2.97. The summed E-state index contributed by atoms with van der Waals surface area (Å²) in [6.07, 6.45) is 5.26. The van der Waals surface area contributed by atoms with Crippen LogP contribution in [0.15, 0.2) is 36.8 Å². The third kappa shape index (κ3) is 4.07. The van der Waals surface area contributed by atoms with E-state index in [2.05, 4.69) is 51.4 Å². The van der Waals surface area contributed by atoms with Gasteiger partial charge in [-0.05, 0) is 44.9 Å². The van der Waals surface area contributed by atoms with Crippen LogP contribution >= 0.6 is 0 Å². The van der Waals surface area contributed by atoms with Crippen LogP contribution in [0, 0.1) is 12.8 Å². The lowest BCUT2D eigenvalue weighted by Crippen LogP contribution is -2.42. The number of aromatic nitrogens is 4. The minimum atomic E-state index is -0.226. The molecule has 1 saturated heterocycles. The highest BCUT2D eigenvalue weighted by molar-refractivity contribution is 5.91. The SMILES string of the molecule is Cc1cc(-n2ncc3cc(NC(=O)N[C@@H]4CN(C(C)C)C[C@H]4C)ncc32)ccn1. The zero-order chi connectivity index (χ0) is 20.5. The van der Waals surface area contributed by atoms with E-state index in [0.717, 1.165) is 35.4 Å². The predicted molar refractivity (Wildman–Crippen MR) is 113 cm³/mol. The number of nitrogens with zero attached hydrogens (tertiary/aromatic N) is 5. The molecule has 8 heteroatoms. The minimum Gasteiger partial charge on any atom is -0.333 e. The number of aryl methyl sites for hydroxylation is 1. The van der Waals surface area contributed by atoms with Crippen LogP contribution in [0.3, 0.4) is 0 Å². The van der Waals surface area contributed by atoms with Crippen molar-refractivity contribution in [2.75, 3.05) is 18.4 Å². The molecule has 152 valence electrons. The molecule has 1 fully saturated rings. The van der Waals surface area contributed by atoms with Gasteiger partial charge in [0.15, 0.2) is 0 Å². The number of likely N-dealkylation sites (tertiary alicyclic amines) is 1. The topological polar surface area (TPSA) is 88.0 Å². The third-order valence-corrected chi connectivity index (χ3v) is 5.51. The molecule has 0 spiro atoms. The molecule has 0 aromatic carbocycles. The van der Waals surface area contributed by atoms with Gasteiger partial charge in [-0.2, -0.15) is 5.10 Å². The van der Waals surface area contributed by atoms with Crippen LogP contribution in [0.1, 0.15) is 26.5 Å². The van der Waals surface area contributed by atoms with Crippen LogP contribution in [-0.2, 0) is 0 Å². The molecule has 0 bridgehead atoms. The number of urea groups is 1. The fourth-order valence-corrected chi connectivity index (χ4v) is 3.80. The standard InChI is InChI=1S/C21H27N7O/c1-13(2)27-11-14(3)18(12-27)25-21(29)26-20-8-16-9-24-28(19(16)10-23-20)17-5-6-22-15(4)7-17/h5-10,13-14,18H,11-12H2,1-4H3,(H2,23,25,26,29)/t14-,18-/m1/s1. The molecule has 3 aromatic heterocycles. The number of fused-ring (bicyclic) bond motifs is 1. The van der Waals surface area contributed by atoms with E-state index in [4.69, 9.17) is 0 Å². The fraction of sp³-hybridized carbons (Fsp3) is 0.429. The molecule has 0 radical (unpaired) electrons. The van der Waals surface area contributed by atoms with E-state index in [9.17, 15) is 4.79 Å². The number of pyridine rings is 2. The maximum atomic E-state index is 12.5. The van der Waals surface area contributed by atoms with E-state index in [1.165, 1.54) is 0 Å². The average molecular weight is 393 g/mol. The van der Waals surface area contributed by atoms with Gasteiger partial charge in [-0.1, -0.05) is 6.92 Å². The highest BCUT2D eigenvalue weighted by Crippen LogP contribution is 2.21. The van der Waals surface area contributed by atoms with Crippen molar-refractivity contribution in [3.05, 3.63) is 42.5 Å². The van der Waals surface area contributed by atoms with E-state index in [1.54, 1.807) is 18.6 Å². The Hall–Kier alpha value is -3.00. The van der Waals surface area contributed by atoms with Gasteiger partial charge in [-0.15, -0.1) is 0 Å². The molecule has 29 heavy (non-hydrogen) atoms. The van der Waals surface area contributed by atoms with Crippen molar-refractivity contribution in [2.24, 2.45) is 5.92 Å². The Kier molecular flexibility index (Phi) is 5.19. The molecule has 4 rings (SSSR count). The number of nitrogens with one attached hydrogen (secondary N) is 2. The van der Waals surface area contributed by atoms with Crippen LogP contribution in [-0.4, -0.2) is 55.9 Å². The molecule has 0 saturated carbocycles. The summed E-state index contributed by atoms with van der Waals surface area (Å²) in [4.78, 5) is 23.5. The van der Waals surface area contributed by atoms with E-state index in [-0.39, 0.29) is 12.1 Å². The Morgan fingerprint density at radius 2 is 2.03 bits per heavy atom. The number of hydrogen-bond donors (Lipinski definition) is 2. The van der Waals surface area contributed by atoms with Crippen LogP contribution in [0.2, 0.25) is 0 Å². The van der Waals surface area contributed by atoms with Gasteiger partial charge in [0.25, 0.3) is 0 Å². The number of amides is 2. The van der Waals surface area contributed by atoms with Crippen molar-refractivity contribution >= 4 is 22.8 Å². The minimum absolute atomic E-state index is 0.138. The highest BCUT2D eigenvalue weighted by Gasteiger charge is 2.31. The second-order valence-electron chi connectivity index (χ2n) is 8.07. The van der Waals surface area contributed by atoms with E-state index in [0.29, 0.717) is 17.8 Å². The normalized spacial score (nSPS) is 19.8. The van der Waals surface area contributed by atoms with Crippen molar-refractivity contribution in [2.45, 2.75) is 39.8 Å². The zero-order valence-corrected chi connectivity index (χ0v) is 17.3. The Bertz CT molecular complexity index is 1030. The Morgan fingerprint density at radius 1 is 1.21 bits per heavy atom. The van der Waals surface area contributed by atoms with Crippen LogP contribution < -0.4 is 10.6 Å². The molecule has 4 heterocycles. The van der Waals surface area contributed by atoms with Gasteiger partial charge in [0.1, 0.15) is 5.82 Å². The number of rotatable bonds is 4. The first-order chi connectivity index (χ1) is 13.9. The molecule has 2 amide bonds. The van der Waals surface area contributed by atoms with Crippen molar-refractivity contribution < 1.29 is 4.79 Å². The molecule has 2 N–H and O–H groups in total. The molecule has 3 aromatic rings. The summed E-state index contributed by atoms with van der Waals surface area (Å²) in [5, 5.41) is 11.3. The smallest absolute Gasteiger partial charge is 0.320 e. The summed E-state index contributed by atoms with van der Waals surface area (Å²) in [6.45, 7) is 10.4. The monoisotopic (exact) mass is 393 g/mol. The fourth-order valence-electron chi connectivity index (χ4n) is 3.80. The largest absolute Gasteiger partial charge is 0.333 e. The van der Waals surface area contributed by atoms with Gasteiger partial charge < -0.3 is 5.32 Å². The molecule has 0 unspecified atom stereocenters. The van der Waals surface area contributed by atoms with Gasteiger partial charge in [-0.25, -0.2) is 14.5 Å². The first-order valence-corrected chi connectivity index (χ1v) is 9.99. The second-order valence-corrected chi connectivity index (χ2v) is 8.07. The number of carbonyl (C=O) groups is 1. The lowest BCUT2D eigenvalue weighted by Gasteiger charge is -2.20. The van der Waals surface area contributed by atoms with Gasteiger partial charge in [-0.3, -0.25) is 15.2 Å². The van der Waals surface area contributed by atoms with E-state index in [1.807, 2.05) is 29.8 Å². The second kappa shape index (κ2) is 7.79. The van der Waals surface area contributed by atoms with Crippen molar-refractivity contribution in [1.29, 1.82) is 0 Å². The van der Waals surface area contributed by atoms with Crippen molar-refractivity contribution in [1.82, 2.24) is 30.0 Å². The van der Waals surface area contributed by atoms with Gasteiger partial charge >= 0.3 is 6.03 Å². The molecule has 1 aliphatic heterocycles. The quantitative estimate of drug-likeness (QED) is 0.711. The lowest BCUT2D eigenvalue weighted by atomic mass is 10.1. The van der Waals surface area contributed by atoms with Gasteiger partial charge in [0.05, 0.1) is 23.6 Å². The summed E-state index contributed by atoms with van der Waals surface area (Å²) >= 11 is 0. The maximum absolute atomic E-state index is 12.5. The van der Waals surface area contributed by atoms with Crippen LogP contribution in [0.5, 0.6) is 0 Å². The van der Waals surface area contributed by atoms with Crippen LogP contribution in [0.4, 0.5) is 10.6 Å². The first-order valence-electron chi connectivity index (χ1n) is 9.99. The number of hydrogen-bond acceptors (Lipinski definition) is 5. The molecule has 0 aliphatic carbocycles. The third-order valence-electron chi connectivity index (χ3n) is 5.51. The molecular formula is C21H27N7O. The Labute approximate surface area is 170 Å². The maximum Gasteiger partial charge on any atom is 0.320 e. The summed E-state index contributed by atoms with van der Waals surface area (Å²) in [5.74, 6) is 0.924. The molecule has 1 aliphatic rings. The first kappa shape index (κ1) is 19.3. The van der Waals surface area contributed by atoms with E-state index >= 15 is 0 Å². The van der Waals surface area contributed by atoms with Gasteiger partial charge in [0, 0.05) is 42.5 Å². The summed E-state index contributed by atoms with van der Waals surface area (Å²) in [7, 11) is 0. The average Bonchev–Trinajstić information content (AvgIpc) is 3.25. The van der Waals surface area contributed by atoms with E-state index < -0.39 is 0 Å². The summed E-state index contributed by atoms with van der Waals surface area (Å²) < 4.78 is 1.82. The molecule has 8 nitrogen and oxygen atoms in total. The van der Waals surface area contributed by atoms with Gasteiger partial charge in [0.2, 0.25) is 0 Å². The molecule has 2 atom stereocenters. The molecular weight excluding hydrogens is 366 g/mol. The van der Waals surface area contributed by atoms with Crippen molar-refractivity contribution in [3.8, 4) is 5.69 Å². The summed E-state index contributed by atoms with van der Waals surface area (Å²) in [5.41, 5.74) is 2.72. The zero-order valence-electron chi connectivity index (χ0n) is 17.3. The lowest BCUT2D eigenvalue weighted by molar-refractivity contribution is 0.243. The number of anilines is 1.